The first-order chi connectivity index (χ1) is 12.8. The molecule has 2 aliphatic heterocycles. The van der Waals surface area contributed by atoms with Crippen molar-refractivity contribution >= 4 is 11.8 Å². The van der Waals surface area contributed by atoms with E-state index in [2.05, 4.69) is 16.0 Å². The molecule has 2 amide bonds. The van der Waals surface area contributed by atoms with Gasteiger partial charge in [0.2, 0.25) is 11.8 Å². The minimum atomic E-state index is -1.59. The van der Waals surface area contributed by atoms with Crippen molar-refractivity contribution in [2.24, 2.45) is 0 Å². The van der Waals surface area contributed by atoms with E-state index in [1.54, 1.807) is 26.1 Å². The Morgan fingerprint density at radius 3 is 2.74 bits per heavy atom. The summed E-state index contributed by atoms with van der Waals surface area (Å²) >= 11 is 0. The van der Waals surface area contributed by atoms with Crippen LogP contribution < -0.4 is 16.0 Å². The highest BCUT2D eigenvalue weighted by Crippen LogP contribution is 2.33. The number of hydrogen-bond donors (Lipinski definition) is 3. The molecule has 0 aromatic carbocycles. The summed E-state index contributed by atoms with van der Waals surface area (Å²) in [7, 11) is 0. The lowest BCUT2D eigenvalue weighted by atomic mass is 9.86. The molecule has 142 valence electrons. The molecule has 0 aromatic rings. The molecule has 7 heteroatoms. The maximum Gasteiger partial charge on any atom is 0.249 e. The number of amides is 2. The largest absolute Gasteiger partial charge is 0.365 e. The molecule has 27 heavy (non-hydrogen) atoms. The molecule has 0 fully saturated rings. The molecule has 0 bridgehead atoms. The van der Waals surface area contributed by atoms with Crippen LogP contribution in [0.25, 0.3) is 0 Å². The topological polar surface area (TPSA) is 70.2 Å². The van der Waals surface area contributed by atoms with Crippen molar-refractivity contribution in [2.45, 2.75) is 39.4 Å². The van der Waals surface area contributed by atoms with Crippen molar-refractivity contribution in [2.75, 3.05) is 0 Å². The Balaban J connectivity index is 1.71. The molecule has 0 saturated heterocycles. The highest BCUT2D eigenvalue weighted by atomic mass is 19.1. The van der Waals surface area contributed by atoms with Crippen LogP contribution in [0.4, 0.5) is 8.78 Å². The second-order valence-corrected chi connectivity index (χ2v) is 6.70. The normalized spacial score (nSPS) is 24.3. The van der Waals surface area contributed by atoms with Gasteiger partial charge in [-0.1, -0.05) is 6.08 Å². The van der Waals surface area contributed by atoms with Crippen LogP contribution in [0.2, 0.25) is 0 Å². The molecule has 0 aromatic heterocycles. The predicted molar refractivity (Wildman–Crippen MR) is 97.8 cm³/mol. The van der Waals surface area contributed by atoms with E-state index in [0.717, 1.165) is 29.0 Å². The fourth-order valence-electron chi connectivity index (χ4n) is 3.41. The van der Waals surface area contributed by atoms with Crippen molar-refractivity contribution in [3.8, 4) is 0 Å². The van der Waals surface area contributed by atoms with Gasteiger partial charge in [-0.15, -0.1) is 0 Å². The lowest BCUT2D eigenvalue weighted by Crippen LogP contribution is -2.42. The van der Waals surface area contributed by atoms with Crippen LogP contribution in [0.1, 0.15) is 27.2 Å². The fourth-order valence-corrected chi connectivity index (χ4v) is 3.41. The van der Waals surface area contributed by atoms with E-state index in [1.807, 2.05) is 6.92 Å². The molecule has 3 aliphatic rings. The monoisotopic (exact) mass is 373 g/mol. The van der Waals surface area contributed by atoms with E-state index in [-0.39, 0.29) is 18.2 Å². The number of rotatable bonds is 4. The summed E-state index contributed by atoms with van der Waals surface area (Å²) < 4.78 is 27.0. The Morgan fingerprint density at radius 1 is 1.30 bits per heavy atom. The Bertz CT molecular complexity index is 823. The van der Waals surface area contributed by atoms with Crippen LogP contribution in [0.15, 0.2) is 58.7 Å². The molecule has 2 atom stereocenters. The van der Waals surface area contributed by atoms with Crippen LogP contribution in [-0.2, 0) is 9.59 Å². The maximum atomic E-state index is 14.0. The second-order valence-electron chi connectivity index (χ2n) is 6.70. The first-order valence-corrected chi connectivity index (χ1v) is 8.66. The number of alkyl halides is 1. The molecule has 5 nitrogen and oxygen atoms in total. The van der Waals surface area contributed by atoms with Gasteiger partial charge < -0.3 is 16.0 Å². The van der Waals surface area contributed by atoms with Crippen LogP contribution in [-0.4, -0.2) is 24.0 Å². The molecule has 2 heterocycles. The molecule has 0 spiro atoms. The summed E-state index contributed by atoms with van der Waals surface area (Å²) in [5, 5.41) is 8.56. The third kappa shape index (κ3) is 3.86. The number of hydrogen-bond acceptors (Lipinski definition) is 3. The van der Waals surface area contributed by atoms with Gasteiger partial charge >= 0.3 is 0 Å². The SMILES string of the molecule is CC1=C2[C](C=CN1)NC(=O)C(CC(=O)N[C@@H](C)[C]1C=CC(F)=CC1F)=C2C. The summed E-state index contributed by atoms with van der Waals surface area (Å²) in [6, 6.07) is 0.0753. The van der Waals surface area contributed by atoms with E-state index in [0.29, 0.717) is 11.6 Å². The zero-order chi connectivity index (χ0) is 19.7. The van der Waals surface area contributed by atoms with E-state index < -0.39 is 23.9 Å². The van der Waals surface area contributed by atoms with Crippen molar-refractivity contribution in [1.29, 1.82) is 0 Å². The van der Waals surface area contributed by atoms with Gasteiger partial charge in [0.1, 0.15) is 18.0 Å². The van der Waals surface area contributed by atoms with E-state index in [9.17, 15) is 18.4 Å². The van der Waals surface area contributed by atoms with Gasteiger partial charge in [0.25, 0.3) is 0 Å². The molecule has 0 saturated carbocycles. The molecule has 1 unspecified atom stereocenters. The number of halogens is 2. The molecular weight excluding hydrogens is 352 g/mol. The lowest BCUT2D eigenvalue weighted by Gasteiger charge is -2.31. The van der Waals surface area contributed by atoms with Crippen LogP contribution >= 0.6 is 0 Å². The molecule has 1 aliphatic carbocycles. The van der Waals surface area contributed by atoms with Crippen LogP contribution in [0.3, 0.4) is 0 Å². The van der Waals surface area contributed by atoms with Crippen LogP contribution in [0, 0.1) is 12.0 Å². The minimum Gasteiger partial charge on any atom is -0.365 e. The van der Waals surface area contributed by atoms with Crippen molar-refractivity contribution in [3.63, 3.8) is 0 Å². The fraction of sp³-hybridized carbons (Fsp3) is 0.300. The van der Waals surface area contributed by atoms with Crippen LogP contribution in [0.5, 0.6) is 0 Å². The average Bonchev–Trinajstić information content (AvgIpc) is 2.58. The summed E-state index contributed by atoms with van der Waals surface area (Å²) in [6.07, 6.45) is 5.13. The Kier molecular flexibility index (Phi) is 5.30. The van der Waals surface area contributed by atoms with Gasteiger partial charge in [-0.05, 0) is 50.8 Å². The first kappa shape index (κ1) is 19.1. The highest BCUT2D eigenvalue weighted by Gasteiger charge is 2.33. The van der Waals surface area contributed by atoms with Crippen molar-refractivity contribution < 1.29 is 18.4 Å². The van der Waals surface area contributed by atoms with Crippen molar-refractivity contribution in [1.82, 2.24) is 16.0 Å². The third-order valence-corrected chi connectivity index (χ3v) is 4.82. The molecular formula is C20H21F2N3O2. The van der Waals surface area contributed by atoms with Gasteiger partial charge in [-0.2, -0.15) is 0 Å². The van der Waals surface area contributed by atoms with E-state index in [1.165, 1.54) is 6.08 Å². The van der Waals surface area contributed by atoms with Gasteiger partial charge in [-0.25, -0.2) is 8.78 Å². The molecule has 3 N–H and O–H groups in total. The standard InChI is InChI=1S/C20H21F2N3O2/c1-10-15(20(27)25-17-6-7-23-12(3)19(10)17)9-18(26)24-11(2)14-5-4-13(21)8-16(14)22/h4-8,11,16,23H,9H2,1-3H3,(H,24,26)(H,25,27)/t11-,16?/m0/s1. The van der Waals surface area contributed by atoms with E-state index >= 15 is 0 Å². The number of fused-ring (bicyclic) bond motifs is 1. The molecule has 2 radical (unpaired) electrons. The number of dihydropyridines is 1. The van der Waals surface area contributed by atoms with E-state index in [4.69, 9.17) is 0 Å². The molecule has 3 rings (SSSR count). The predicted octanol–water partition coefficient (Wildman–Crippen LogP) is 2.59. The first-order valence-electron chi connectivity index (χ1n) is 8.66. The zero-order valence-corrected chi connectivity index (χ0v) is 15.3. The lowest BCUT2D eigenvalue weighted by molar-refractivity contribution is -0.123. The summed E-state index contributed by atoms with van der Waals surface area (Å²) in [5.41, 5.74) is 2.83. The minimum absolute atomic E-state index is 0.131. The number of carbonyl (C=O) groups is 2. The number of allylic oxidation sites excluding steroid dienone is 4. The van der Waals surface area contributed by atoms with Gasteiger partial charge in [0.05, 0.1) is 12.3 Å². The third-order valence-electron chi connectivity index (χ3n) is 4.82. The summed E-state index contributed by atoms with van der Waals surface area (Å²) in [6.45, 7) is 5.31. The van der Waals surface area contributed by atoms with Crippen molar-refractivity contribution in [3.05, 3.63) is 70.7 Å². The summed E-state index contributed by atoms with van der Waals surface area (Å²) in [5.74, 6) is -1.11. The highest BCUT2D eigenvalue weighted by molar-refractivity contribution is 6.03. The Labute approximate surface area is 157 Å². The zero-order valence-electron chi connectivity index (χ0n) is 15.3. The average molecular weight is 373 g/mol. The quantitative estimate of drug-likeness (QED) is 0.709. The number of nitrogens with one attached hydrogen (secondary N) is 3. The number of carbonyl (C=O) groups excluding carboxylic acids is 2. The maximum absolute atomic E-state index is 14.0. The second kappa shape index (κ2) is 7.50. The Morgan fingerprint density at radius 2 is 2.04 bits per heavy atom. The smallest absolute Gasteiger partial charge is 0.249 e. The van der Waals surface area contributed by atoms with Gasteiger partial charge in [0.15, 0.2) is 0 Å². The Hall–Kier alpha value is -2.70. The summed E-state index contributed by atoms with van der Waals surface area (Å²) in [4.78, 5) is 24.8. The van der Waals surface area contributed by atoms with Gasteiger partial charge in [0, 0.05) is 22.9 Å². The van der Waals surface area contributed by atoms with Gasteiger partial charge in [-0.3, -0.25) is 9.59 Å².